The molecule has 0 bridgehead atoms. The zero-order chi connectivity index (χ0) is 9.68. The van der Waals surface area contributed by atoms with E-state index in [1.807, 2.05) is 24.3 Å². The van der Waals surface area contributed by atoms with Gasteiger partial charge in [-0.2, -0.15) is 0 Å². The molecular formula is C10H15NO2. The highest BCUT2D eigenvalue weighted by Gasteiger charge is 2.02. The van der Waals surface area contributed by atoms with Crippen LogP contribution in [0.2, 0.25) is 0 Å². The van der Waals surface area contributed by atoms with Crippen LogP contribution in [-0.2, 0) is 13.0 Å². The molecule has 1 aromatic carbocycles. The van der Waals surface area contributed by atoms with Crippen molar-refractivity contribution in [2.45, 2.75) is 19.1 Å². The molecule has 0 radical (unpaired) electrons. The number of aliphatic hydroxyl groups excluding tert-OH is 2. The molecule has 4 N–H and O–H groups in total. The molecule has 0 saturated heterocycles. The molecule has 0 aliphatic heterocycles. The molecule has 1 aromatic rings. The zero-order valence-corrected chi connectivity index (χ0v) is 7.48. The Morgan fingerprint density at radius 1 is 1.15 bits per heavy atom. The van der Waals surface area contributed by atoms with Crippen LogP contribution < -0.4 is 5.73 Å². The lowest BCUT2D eigenvalue weighted by Crippen LogP contribution is -2.21. The third-order valence-electron chi connectivity index (χ3n) is 1.95. The smallest absolute Gasteiger partial charge is 0.0702 e. The van der Waals surface area contributed by atoms with Gasteiger partial charge in [0.1, 0.15) is 0 Å². The monoisotopic (exact) mass is 181 g/mol. The number of aliphatic hydroxyl groups is 2. The predicted octanol–water partition coefficient (Wildman–Crippen LogP) is 0.0410. The van der Waals surface area contributed by atoms with E-state index in [1.54, 1.807) is 0 Å². The summed E-state index contributed by atoms with van der Waals surface area (Å²) in [6.07, 6.45) is 0.0994. The molecular weight excluding hydrogens is 166 g/mol. The van der Waals surface area contributed by atoms with Crippen molar-refractivity contribution in [3.8, 4) is 0 Å². The second-order valence-electron chi connectivity index (χ2n) is 3.07. The third-order valence-corrected chi connectivity index (χ3v) is 1.95. The molecule has 0 aliphatic rings. The fourth-order valence-electron chi connectivity index (χ4n) is 1.14. The SMILES string of the molecule is NCC(O)Cc1ccc(CO)cc1. The molecule has 0 aromatic heterocycles. The molecule has 0 aliphatic carbocycles. The van der Waals surface area contributed by atoms with Crippen molar-refractivity contribution in [2.75, 3.05) is 6.54 Å². The van der Waals surface area contributed by atoms with E-state index in [-0.39, 0.29) is 13.2 Å². The summed E-state index contributed by atoms with van der Waals surface area (Å²) in [4.78, 5) is 0. The van der Waals surface area contributed by atoms with E-state index in [4.69, 9.17) is 10.8 Å². The van der Waals surface area contributed by atoms with Crippen LogP contribution >= 0.6 is 0 Å². The molecule has 13 heavy (non-hydrogen) atoms. The largest absolute Gasteiger partial charge is 0.392 e. The van der Waals surface area contributed by atoms with Gasteiger partial charge in [0.15, 0.2) is 0 Å². The molecule has 0 amide bonds. The highest BCUT2D eigenvalue weighted by Crippen LogP contribution is 2.06. The molecule has 72 valence electrons. The van der Waals surface area contributed by atoms with Gasteiger partial charge in [-0.25, -0.2) is 0 Å². The summed E-state index contributed by atoms with van der Waals surface area (Å²) in [5.74, 6) is 0. The lowest BCUT2D eigenvalue weighted by molar-refractivity contribution is 0.183. The Balaban J connectivity index is 2.58. The van der Waals surface area contributed by atoms with E-state index in [2.05, 4.69) is 0 Å². The first-order valence-electron chi connectivity index (χ1n) is 4.33. The number of benzene rings is 1. The van der Waals surface area contributed by atoms with Gasteiger partial charge in [0, 0.05) is 6.54 Å². The van der Waals surface area contributed by atoms with Gasteiger partial charge in [0.25, 0.3) is 0 Å². The summed E-state index contributed by atoms with van der Waals surface area (Å²) >= 11 is 0. The highest BCUT2D eigenvalue weighted by atomic mass is 16.3. The first-order valence-corrected chi connectivity index (χ1v) is 4.33. The van der Waals surface area contributed by atoms with Crippen molar-refractivity contribution in [3.63, 3.8) is 0 Å². The third kappa shape index (κ3) is 3.14. The van der Waals surface area contributed by atoms with Gasteiger partial charge in [0.05, 0.1) is 12.7 Å². The maximum atomic E-state index is 9.26. The molecule has 3 nitrogen and oxygen atoms in total. The van der Waals surface area contributed by atoms with E-state index in [9.17, 15) is 5.11 Å². The van der Waals surface area contributed by atoms with Gasteiger partial charge < -0.3 is 15.9 Å². The Labute approximate surface area is 77.8 Å². The zero-order valence-electron chi connectivity index (χ0n) is 7.48. The van der Waals surface area contributed by atoms with Crippen LogP contribution in [0, 0.1) is 0 Å². The number of rotatable bonds is 4. The van der Waals surface area contributed by atoms with Crippen molar-refractivity contribution < 1.29 is 10.2 Å². The van der Waals surface area contributed by atoms with Gasteiger partial charge >= 0.3 is 0 Å². The van der Waals surface area contributed by atoms with Crippen LogP contribution in [0.5, 0.6) is 0 Å². The minimum absolute atomic E-state index is 0.0553. The quantitative estimate of drug-likeness (QED) is 0.614. The topological polar surface area (TPSA) is 66.5 Å². The summed E-state index contributed by atoms with van der Waals surface area (Å²) in [6, 6.07) is 7.48. The summed E-state index contributed by atoms with van der Waals surface area (Å²) in [5, 5.41) is 18.1. The fourth-order valence-corrected chi connectivity index (χ4v) is 1.14. The summed E-state index contributed by atoms with van der Waals surface area (Å²) in [6.45, 7) is 0.335. The maximum absolute atomic E-state index is 9.26. The molecule has 1 unspecified atom stereocenters. The van der Waals surface area contributed by atoms with Crippen LogP contribution in [-0.4, -0.2) is 22.9 Å². The first kappa shape index (κ1) is 10.2. The summed E-state index contributed by atoms with van der Waals surface area (Å²) in [5.41, 5.74) is 7.20. The molecule has 1 atom stereocenters. The highest BCUT2D eigenvalue weighted by molar-refractivity contribution is 5.22. The lowest BCUT2D eigenvalue weighted by Gasteiger charge is -2.07. The van der Waals surface area contributed by atoms with Gasteiger partial charge in [0.2, 0.25) is 0 Å². The van der Waals surface area contributed by atoms with Gasteiger partial charge in [-0.15, -0.1) is 0 Å². The molecule has 1 rings (SSSR count). The van der Waals surface area contributed by atoms with E-state index < -0.39 is 6.10 Å². The van der Waals surface area contributed by atoms with Crippen molar-refractivity contribution in [1.29, 1.82) is 0 Å². The Bertz CT molecular complexity index is 246. The Morgan fingerprint density at radius 3 is 2.15 bits per heavy atom. The van der Waals surface area contributed by atoms with Crippen molar-refractivity contribution in [1.82, 2.24) is 0 Å². The van der Waals surface area contributed by atoms with Crippen LogP contribution in [0.4, 0.5) is 0 Å². The van der Waals surface area contributed by atoms with Gasteiger partial charge in [-0.05, 0) is 17.5 Å². The first-order chi connectivity index (χ1) is 6.26. The van der Waals surface area contributed by atoms with Crippen LogP contribution in [0.15, 0.2) is 24.3 Å². The average Bonchev–Trinajstić information content (AvgIpc) is 2.19. The molecule has 3 heteroatoms. The van der Waals surface area contributed by atoms with Crippen molar-refractivity contribution in [3.05, 3.63) is 35.4 Å². The van der Waals surface area contributed by atoms with E-state index in [0.29, 0.717) is 6.42 Å². The second-order valence-corrected chi connectivity index (χ2v) is 3.07. The minimum Gasteiger partial charge on any atom is -0.392 e. The van der Waals surface area contributed by atoms with Crippen LogP contribution in [0.3, 0.4) is 0 Å². The fraction of sp³-hybridized carbons (Fsp3) is 0.400. The lowest BCUT2D eigenvalue weighted by atomic mass is 10.1. The molecule has 0 spiro atoms. The average molecular weight is 181 g/mol. The van der Waals surface area contributed by atoms with Crippen LogP contribution in [0.1, 0.15) is 11.1 Å². The minimum atomic E-state index is -0.472. The van der Waals surface area contributed by atoms with E-state index >= 15 is 0 Å². The molecule has 0 saturated carbocycles. The van der Waals surface area contributed by atoms with Gasteiger partial charge in [-0.1, -0.05) is 24.3 Å². The maximum Gasteiger partial charge on any atom is 0.0702 e. The second kappa shape index (κ2) is 4.97. The molecule has 0 fully saturated rings. The predicted molar refractivity (Wildman–Crippen MR) is 51.1 cm³/mol. The van der Waals surface area contributed by atoms with Crippen LogP contribution in [0.25, 0.3) is 0 Å². The van der Waals surface area contributed by atoms with Crippen molar-refractivity contribution in [2.24, 2.45) is 5.73 Å². The summed E-state index contributed by atoms with van der Waals surface area (Å²) in [7, 11) is 0. The molecule has 0 heterocycles. The normalized spacial score (nSPS) is 12.8. The Kier molecular flexibility index (Phi) is 3.89. The number of hydrogen-bond acceptors (Lipinski definition) is 3. The standard InChI is InChI=1S/C10H15NO2/c11-6-10(13)5-8-1-3-9(7-12)4-2-8/h1-4,10,12-13H,5-7,11H2. The number of nitrogens with two attached hydrogens (primary N) is 1. The Hall–Kier alpha value is -0.900. The van der Waals surface area contributed by atoms with E-state index in [0.717, 1.165) is 11.1 Å². The van der Waals surface area contributed by atoms with Gasteiger partial charge in [-0.3, -0.25) is 0 Å². The van der Waals surface area contributed by atoms with E-state index in [1.165, 1.54) is 0 Å². The number of hydrogen-bond donors (Lipinski definition) is 3. The summed E-state index contributed by atoms with van der Waals surface area (Å²) < 4.78 is 0. The van der Waals surface area contributed by atoms with Crippen molar-refractivity contribution >= 4 is 0 Å². The Morgan fingerprint density at radius 2 is 1.69 bits per heavy atom.